The zero-order valence-corrected chi connectivity index (χ0v) is 17.9. The van der Waals surface area contributed by atoms with Gasteiger partial charge in [0.15, 0.2) is 11.7 Å². The number of aryl methyl sites for hydroxylation is 1. The second-order valence-electron chi connectivity index (χ2n) is 7.85. The van der Waals surface area contributed by atoms with Crippen LogP contribution in [0.3, 0.4) is 0 Å². The second-order valence-corrected chi connectivity index (χ2v) is 7.85. The molecule has 1 aromatic heterocycles. The summed E-state index contributed by atoms with van der Waals surface area (Å²) in [7, 11) is 1.59. The number of rotatable bonds is 5. The number of hydrogen-bond acceptors (Lipinski definition) is 7. The lowest BCUT2D eigenvalue weighted by molar-refractivity contribution is -0.140. The van der Waals surface area contributed by atoms with E-state index in [0.29, 0.717) is 41.8 Å². The molecule has 172 valence electrons. The highest BCUT2D eigenvalue weighted by molar-refractivity contribution is 5.82. The predicted molar refractivity (Wildman–Crippen MR) is 116 cm³/mol. The van der Waals surface area contributed by atoms with Crippen LogP contribution in [0.4, 0.5) is 4.39 Å². The van der Waals surface area contributed by atoms with Gasteiger partial charge in [-0.25, -0.2) is 9.18 Å². The van der Waals surface area contributed by atoms with Gasteiger partial charge >= 0.3 is 5.76 Å². The van der Waals surface area contributed by atoms with Crippen molar-refractivity contribution in [2.75, 3.05) is 13.2 Å². The number of aromatic nitrogens is 1. The number of fused-ring (bicyclic) bond motifs is 1. The van der Waals surface area contributed by atoms with Crippen molar-refractivity contribution < 1.29 is 23.4 Å². The molecule has 0 bridgehead atoms. The summed E-state index contributed by atoms with van der Waals surface area (Å²) < 4.78 is 26.7. The van der Waals surface area contributed by atoms with Crippen LogP contribution in [0.5, 0.6) is 0 Å². The lowest BCUT2D eigenvalue weighted by Crippen LogP contribution is -2.51. The van der Waals surface area contributed by atoms with Gasteiger partial charge in [0, 0.05) is 20.1 Å². The maximum absolute atomic E-state index is 14.9. The molecule has 33 heavy (non-hydrogen) atoms. The van der Waals surface area contributed by atoms with Gasteiger partial charge in [-0.2, -0.15) is 5.26 Å². The number of amides is 1. The maximum Gasteiger partial charge on any atom is 0.419 e. The molecule has 4 rings (SSSR count). The lowest BCUT2D eigenvalue weighted by atomic mass is 10.00. The Bertz CT molecular complexity index is 1280. The number of carbonyl (C=O) groups is 1. The van der Waals surface area contributed by atoms with Crippen LogP contribution in [-0.2, 0) is 23.0 Å². The van der Waals surface area contributed by atoms with Crippen LogP contribution in [0.25, 0.3) is 22.2 Å². The van der Waals surface area contributed by atoms with Crippen molar-refractivity contribution in [2.45, 2.75) is 31.2 Å². The molecule has 1 fully saturated rings. The van der Waals surface area contributed by atoms with Gasteiger partial charge in [-0.15, -0.1) is 0 Å². The monoisotopic (exact) mass is 454 g/mol. The van der Waals surface area contributed by atoms with Crippen molar-refractivity contribution in [1.29, 1.82) is 5.26 Å². The first-order valence-corrected chi connectivity index (χ1v) is 10.5. The Morgan fingerprint density at radius 2 is 2.12 bits per heavy atom. The number of hydrogen-bond donors (Lipinski definition) is 3. The van der Waals surface area contributed by atoms with E-state index < -0.39 is 35.9 Å². The number of benzene rings is 2. The van der Waals surface area contributed by atoms with Gasteiger partial charge in [0.05, 0.1) is 11.6 Å². The molecule has 3 N–H and O–H groups in total. The minimum absolute atomic E-state index is 0.0557. The zero-order chi connectivity index (χ0) is 23.5. The zero-order valence-electron chi connectivity index (χ0n) is 17.9. The Hall–Kier alpha value is -3.52. The van der Waals surface area contributed by atoms with Gasteiger partial charge in [0.25, 0.3) is 5.91 Å². The van der Waals surface area contributed by atoms with Gasteiger partial charge in [-0.3, -0.25) is 14.7 Å². The Morgan fingerprint density at radius 1 is 1.36 bits per heavy atom. The summed E-state index contributed by atoms with van der Waals surface area (Å²) in [5.74, 6) is -1.65. The molecule has 3 atom stereocenters. The van der Waals surface area contributed by atoms with Crippen LogP contribution in [-0.4, -0.2) is 47.1 Å². The molecule has 1 saturated heterocycles. The summed E-state index contributed by atoms with van der Waals surface area (Å²) in [4.78, 5) is 24.2. The number of carbonyl (C=O) groups excluding carboxylic acids is 1. The molecular weight excluding hydrogens is 431 g/mol. The van der Waals surface area contributed by atoms with Crippen LogP contribution in [0.1, 0.15) is 12.0 Å². The summed E-state index contributed by atoms with van der Waals surface area (Å²) in [5, 5.41) is 24.7. The van der Waals surface area contributed by atoms with Crippen molar-refractivity contribution in [1.82, 2.24) is 15.2 Å². The molecule has 0 radical (unpaired) electrons. The molecular formula is C23H23FN4O5. The number of aliphatic hydroxyl groups excluding tert-OH is 1. The SMILES string of the molecule is Cn1c(=O)oc2ccc(-c3ccc(C[C@@H](C#N)NC(=O)[C@H]4OCCCNC4O)c(F)c3)cc21. The minimum atomic E-state index is -1.19. The molecule has 1 unspecified atom stereocenters. The van der Waals surface area contributed by atoms with Crippen LogP contribution < -0.4 is 16.4 Å². The van der Waals surface area contributed by atoms with Gasteiger partial charge in [0.1, 0.15) is 18.1 Å². The van der Waals surface area contributed by atoms with Crippen LogP contribution in [0.15, 0.2) is 45.6 Å². The fraction of sp³-hybridized carbons (Fsp3) is 0.348. The van der Waals surface area contributed by atoms with Crippen LogP contribution in [0.2, 0.25) is 0 Å². The number of aliphatic hydroxyl groups is 1. The van der Waals surface area contributed by atoms with Crippen molar-refractivity contribution in [3.63, 3.8) is 0 Å². The molecule has 0 saturated carbocycles. The molecule has 1 aliphatic rings. The highest BCUT2D eigenvalue weighted by Gasteiger charge is 2.30. The smallest absolute Gasteiger partial charge is 0.408 e. The number of nitrogens with one attached hydrogen (secondary N) is 2. The number of halogens is 1. The van der Waals surface area contributed by atoms with E-state index in [2.05, 4.69) is 10.6 Å². The lowest BCUT2D eigenvalue weighted by Gasteiger charge is -2.22. The molecule has 0 spiro atoms. The molecule has 0 aliphatic carbocycles. The summed E-state index contributed by atoms with van der Waals surface area (Å²) in [6.07, 6.45) is -1.75. The van der Waals surface area contributed by atoms with E-state index in [-0.39, 0.29) is 12.0 Å². The van der Waals surface area contributed by atoms with Crippen molar-refractivity contribution in [2.24, 2.45) is 7.05 Å². The first-order chi connectivity index (χ1) is 15.9. The Kier molecular flexibility index (Phi) is 6.55. The fourth-order valence-electron chi connectivity index (χ4n) is 3.75. The van der Waals surface area contributed by atoms with Crippen LogP contribution in [0, 0.1) is 17.1 Å². The number of nitriles is 1. The average Bonchev–Trinajstić information content (AvgIpc) is 2.95. The Balaban J connectivity index is 1.49. The molecule has 1 amide bonds. The van der Waals surface area contributed by atoms with E-state index in [1.165, 1.54) is 10.6 Å². The maximum atomic E-state index is 14.9. The quantitative estimate of drug-likeness (QED) is 0.528. The van der Waals surface area contributed by atoms with Gasteiger partial charge in [-0.1, -0.05) is 18.2 Å². The molecule has 10 heteroatoms. The first-order valence-electron chi connectivity index (χ1n) is 10.5. The van der Waals surface area contributed by atoms with E-state index in [1.54, 1.807) is 37.4 Å². The van der Waals surface area contributed by atoms with Crippen molar-refractivity contribution >= 4 is 17.0 Å². The van der Waals surface area contributed by atoms with E-state index in [1.807, 2.05) is 6.07 Å². The minimum Gasteiger partial charge on any atom is -0.408 e. The van der Waals surface area contributed by atoms with E-state index in [0.717, 1.165) is 0 Å². The summed E-state index contributed by atoms with van der Waals surface area (Å²) in [6, 6.07) is 10.7. The predicted octanol–water partition coefficient (Wildman–Crippen LogP) is 1.19. The van der Waals surface area contributed by atoms with E-state index in [4.69, 9.17) is 9.15 Å². The number of ether oxygens (including phenoxy) is 1. The van der Waals surface area contributed by atoms with Gasteiger partial charge in [-0.05, 0) is 47.9 Å². The number of nitrogens with zero attached hydrogens (tertiary/aromatic N) is 2. The summed E-state index contributed by atoms with van der Waals surface area (Å²) >= 11 is 0. The highest BCUT2D eigenvalue weighted by Crippen LogP contribution is 2.26. The molecule has 2 aromatic carbocycles. The Morgan fingerprint density at radius 3 is 2.88 bits per heavy atom. The van der Waals surface area contributed by atoms with Gasteiger partial charge in [0.2, 0.25) is 0 Å². The largest absolute Gasteiger partial charge is 0.419 e. The summed E-state index contributed by atoms with van der Waals surface area (Å²) in [5.41, 5.74) is 2.57. The number of oxazole rings is 1. The topological polar surface area (TPSA) is 130 Å². The van der Waals surface area contributed by atoms with Crippen molar-refractivity contribution in [3.05, 3.63) is 58.3 Å². The first kappa shape index (κ1) is 22.7. The summed E-state index contributed by atoms with van der Waals surface area (Å²) in [6.45, 7) is 0.808. The third kappa shape index (κ3) is 4.80. The third-order valence-electron chi connectivity index (χ3n) is 5.59. The van der Waals surface area contributed by atoms with E-state index >= 15 is 0 Å². The standard InChI is InChI=1S/C23H23FN4O5/c1-28-18-11-14(5-6-19(18)33-23(28)31)13-3-4-15(17(24)10-13)9-16(12-25)27-22(30)20-21(29)26-7-2-8-32-20/h3-6,10-11,16,20-21,26,29H,2,7-9H2,1H3,(H,27,30)/t16-,20-,21?/m0/s1. The highest BCUT2D eigenvalue weighted by atomic mass is 19.1. The van der Waals surface area contributed by atoms with E-state index in [9.17, 15) is 24.3 Å². The van der Waals surface area contributed by atoms with Crippen molar-refractivity contribution in [3.8, 4) is 17.2 Å². The molecule has 1 aliphatic heterocycles. The van der Waals surface area contributed by atoms with Gasteiger partial charge < -0.3 is 19.6 Å². The molecule has 9 nitrogen and oxygen atoms in total. The second kappa shape index (κ2) is 9.54. The van der Waals surface area contributed by atoms with Crippen LogP contribution >= 0.6 is 0 Å². The Labute approximate surface area is 188 Å². The third-order valence-corrected chi connectivity index (χ3v) is 5.59. The normalized spacial score (nSPS) is 19.6. The molecule has 3 aromatic rings. The average molecular weight is 454 g/mol. The molecule has 2 heterocycles. The fourth-order valence-corrected chi connectivity index (χ4v) is 3.75.